The molecule has 1 N–H and O–H groups in total. The quantitative estimate of drug-likeness (QED) is 0.607. The van der Waals surface area contributed by atoms with E-state index >= 15 is 0 Å². The minimum atomic E-state index is 0.213. The van der Waals surface area contributed by atoms with Gasteiger partial charge in [-0.3, -0.25) is 4.79 Å². The van der Waals surface area contributed by atoms with E-state index in [-0.39, 0.29) is 5.91 Å². The molecule has 0 fully saturated rings. The van der Waals surface area contributed by atoms with Gasteiger partial charge in [-0.1, -0.05) is 33.1 Å². The van der Waals surface area contributed by atoms with Crippen LogP contribution in [0.3, 0.4) is 0 Å². The number of hydrogen-bond donors (Lipinski definition) is 1. The maximum Gasteiger partial charge on any atom is 0.220 e. The van der Waals surface area contributed by atoms with E-state index < -0.39 is 0 Å². The van der Waals surface area contributed by atoms with Crippen LogP contribution in [0.25, 0.3) is 0 Å². The molecular formula is C11H23NO. The summed E-state index contributed by atoms with van der Waals surface area (Å²) in [6.07, 6.45) is 6.41. The first-order chi connectivity index (χ1) is 6.20. The molecule has 0 aromatic carbocycles. The summed E-state index contributed by atoms with van der Waals surface area (Å²) >= 11 is 0. The normalized spacial score (nSPS) is 12.5. The Balaban J connectivity index is 3.30. The largest absolute Gasteiger partial charge is 0.354 e. The van der Waals surface area contributed by atoms with Crippen molar-refractivity contribution in [2.24, 2.45) is 0 Å². The average Bonchev–Trinajstić information content (AvgIpc) is 2.12. The van der Waals surface area contributed by atoms with Crippen LogP contribution in [0.1, 0.15) is 59.3 Å². The second kappa shape index (κ2) is 8.09. The van der Waals surface area contributed by atoms with E-state index in [9.17, 15) is 4.79 Å². The van der Waals surface area contributed by atoms with E-state index in [1.165, 1.54) is 19.3 Å². The third-order valence-corrected chi connectivity index (χ3v) is 2.28. The third-order valence-electron chi connectivity index (χ3n) is 2.28. The Morgan fingerprint density at radius 3 is 2.46 bits per heavy atom. The van der Waals surface area contributed by atoms with Crippen molar-refractivity contribution in [3.8, 4) is 0 Å². The number of rotatable bonds is 7. The van der Waals surface area contributed by atoms with Gasteiger partial charge in [-0.2, -0.15) is 0 Å². The zero-order valence-electron chi connectivity index (χ0n) is 9.23. The summed E-state index contributed by atoms with van der Waals surface area (Å²) in [6.45, 7) is 6.31. The lowest BCUT2D eigenvalue weighted by atomic mass is 10.1. The van der Waals surface area contributed by atoms with E-state index in [0.29, 0.717) is 12.5 Å². The highest BCUT2D eigenvalue weighted by Gasteiger charge is 2.03. The molecule has 0 bridgehead atoms. The second-order valence-corrected chi connectivity index (χ2v) is 3.69. The van der Waals surface area contributed by atoms with Gasteiger partial charge in [-0.05, 0) is 19.8 Å². The molecule has 0 rings (SSSR count). The summed E-state index contributed by atoms with van der Waals surface area (Å²) in [7, 11) is 0. The van der Waals surface area contributed by atoms with Crippen LogP contribution in [0.15, 0.2) is 0 Å². The second-order valence-electron chi connectivity index (χ2n) is 3.69. The summed E-state index contributed by atoms with van der Waals surface area (Å²) in [5.74, 6) is 0.213. The van der Waals surface area contributed by atoms with Crippen LogP contribution in [-0.4, -0.2) is 11.9 Å². The molecule has 1 atom stereocenters. The van der Waals surface area contributed by atoms with Crippen molar-refractivity contribution in [1.82, 2.24) is 5.32 Å². The number of nitrogens with one attached hydrogen (secondary N) is 1. The molecule has 0 spiro atoms. The smallest absolute Gasteiger partial charge is 0.220 e. The summed E-state index contributed by atoms with van der Waals surface area (Å²) in [6, 6.07) is 0.332. The fraction of sp³-hybridized carbons (Fsp3) is 0.909. The molecule has 1 amide bonds. The van der Waals surface area contributed by atoms with Crippen LogP contribution in [0.4, 0.5) is 0 Å². The molecule has 0 aliphatic carbocycles. The lowest BCUT2D eigenvalue weighted by Gasteiger charge is -2.10. The highest BCUT2D eigenvalue weighted by atomic mass is 16.1. The first-order valence-electron chi connectivity index (χ1n) is 5.50. The standard InChI is InChI=1S/C11H23NO/c1-4-6-7-8-9-11(13)12-10(3)5-2/h10H,4-9H2,1-3H3,(H,12,13). The number of amides is 1. The van der Waals surface area contributed by atoms with Crippen molar-refractivity contribution < 1.29 is 4.79 Å². The fourth-order valence-corrected chi connectivity index (χ4v) is 1.16. The maximum atomic E-state index is 11.3. The highest BCUT2D eigenvalue weighted by molar-refractivity contribution is 5.76. The van der Waals surface area contributed by atoms with Gasteiger partial charge in [-0.25, -0.2) is 0 Å². The number of carbonyl (C=O) groups excluding carboxylic acids is 1. The molecule has 13 heavy (non-hydrogen) atoms. The zero-order valence-corrected chi connectivity index (χ0v) is 9.23. The monoisotopic (exact) mass is 185 g/mol. The topological polar surface area (TPSA) is 29.1 Å². The molecule has 0 radical (unpaired) electrons. The molecule has 0 saturated carbocycles. The highest BCUT2D eigenvalue weighted by Crippen LogP contribution is 2.02. The van der Waals surface area contributed by atoms with Gasteiger partial charge in [0.2, 0.25) is 5.91 Å². The third kappa shape index (κ3) is 7.82. The van der Waals surface area contributed by atoms with Gasteiger partial charge in [0.15, 0.2) is 0 Å². The molecule has 0 heterocycles. The molecule has 0 aliphatic heterocycles. The Morgan fingerprint density at radius 2 is 1.92 bits per heavy atom. The van der Waals surface area contributed by atoms with Gasteiger partial charge < -0.3 is 5.32 Å². The summed E-state index contributed by atoms with van der Waals surface area (Å²) in [5, 5.41) is 2.97. The van der Waals surface area contributed by atoms with Crippen LogP contribution in [0.5, 0.6) is 0 Å². The molecule has 0 aliphatic rings. The first kappa shape index (κ1) is 12.5. The fourth-order valence-electron chi connectivity index (χ4n) is 1.16. The number of carbonyl (C=O) groups is 1. The average molecular weight is 185 g/mol. The molecule has 0 aromatic heterocycles. The lowest BCUT2D eigenvalue weighted by Crippen LogP contribution is -2.31. The SMILES string of the molecule is CCCCCCC(=O)NC(C)CC. The minimum absolute atomic E-state index is 0.213. The van der Waals surface area contributed by atoms with E-state index in [1.54, 1.807) is 0 Å². The van der Waals surface area contributed by atoms with Gasteiger partial charge >= 0.3 is 0 Å². The summed E-state index contributed by atoms with van der Waals surface area (Å²) in [4.78, 5) is 11.3. The van der Waals surface area contributed by atoms with E-state index in [1.807, 2.05) is 6.92 Å². The Bertz CT molecular complexity index is 134. The Kier molecular flexibility index (Phi) is 7.76. The van der Waals surface area contributed by atoms with Gasteiger partial charge in [-0.15, -0.1) is 0 Å². The maximum absolute atomic E-state index is 11.3. The van der Waals surface area contributed by atoms with Crippen molar-refractivity contribution in [1.29, 1.82) is 0 Å². The van der Waals surface area contributed by atoms with Crippen molar-refractivity contribution >= 4 is 5.91 Å². The van der Waals surface area contributed by atoms with E-state index in [2.05, 4.69) is 19.2 Å². The van der Waals surface area contributed by atoms with Gasteiger partial charge in [0, 0.05) is 12.5 Å². The number of unbranched alkanes of at least 4 members (excludes halogenated alkanes) is 3. The van der Waals surface area contributed by atoms with Crippen molar-refractivity contribution in [2.45, 2.75) is 65.3 Å². The first-order valence-corrected chi connectivity index (χ1v) is 5.50. The molecule has 78 valence electrons. The van der Waals surface area contributed by atoms with Crippen molar-refractivity contribution in [2.75, 3.05) is 0 Å². The van der Waals surface area contributed by atoms with Crippen molar-refractivity contribution in [3.05, 3.63) is 0 Å². The molecule has 0 aromatic rings. The van der Waals surface area contributed by atoms with E-state index in [4.69, 9.17) is 0 Å². The predicted molar refractivity (Wildman–Crippen MR) is 56.7 cm³/mol. The van der Waals surface area contributed by atoms with E-state index in [0.717, 1.165) is 12.8 Å². The molecule has 2 nitrogen and oxygen atoms in total. The Labute approximate surface area is 82.1 Å². The predicted octanol–water partition coefficient (Wildman–Crippen LogP) is 2.87. The molecular weight excluding hydrogens is 162 g/mol. The molecule has 0 saturated heterocycles. The minimum Gasteiger partial charge on any atom is -0.354 e. The van der Waals surface area contributed by atoms with Gasteiger partial charge in [0.25, 0.3) is 0 Å². The van der Waals surface area contributed by atoms with Crippen LogP contribution in [0.2, 0.25) is 0 Å². The van der Waals surface area contributed by atoms with Crippen LogP contribution >= 0.6 is 0 Å². The zero-order chi connectivity index (χ0) is 10.1. The Morgan fingerprint density at radius 1 is 1.23 bits per heavy atom. The van der Waals surface area contributed by atoms with Crippen LogP contribution in [-0.2, 0) is 4.79 Å². The Hall–Kier alpha value is -0.530. The van der Waals surface area contributed by atoms with Gasteiger partial charge in [0.1, 0.15) is 0 Å². The lowest BCUT2D eigenvalue weighted by molar-refractivity contribution is -0.121. The summed E-state index contributed by atoms with van der Waals surface area (Å²) in [5.41, 5.74) is 0. The van der Waals surface area contributed by atoms with Crippen LogP contribution in [0, 0.1) is 0 Å². The molecule has 1 unspecified atom stereocenters. The number of hydrogen-bond acceptors (Lipinski definition) is 1. The van der Waals surface area contributed by atoms with Crippen molar-refractivity contribution in [3.63, 3.8) is 0 Å². The van der Waals surface area contributed by atoms with Gasteiger partial charge in [0.05, 0.1) is 0 Å². The summed E-state index contributed by atoms with van der Waals surface area (Å²) < 4.78 is 0. The molecule has 2 heteroatoms. The van der Waals surface area contributed by atoms with Crippen LogP contribution < -0.4 is 5.32 Å².